The zero-order valence-corrected chi connectivity index (χ0v) is 15.8. The molecule has 5 heteroatoms. The van der Waals surface area contributed by atoms with Crippen molar-refractivity contribution in [1.82, 2.24) is 9.47 Å². The number of aromatic nitrogens is 1. The minimum Gasteiger partial charge on any atom is -0.481 e. The van der Waals surface area contributed by atoms with Crippen LogP contribution < -0.4 is 4.74 Å². The Bertz CT molecular complexity index is 921. The number of hydrogen-bond acceptors (Lipinski definition) is 2. The lowest BCUT2D eigenvalue weighted by molar-refractivity contribution is -0.140. The summed E-state index contributed by atoms with van der Waals surface area (Å²) in [5.41, 5.74) is 2.23. The first-order valence-electron chi connectivity index (χ1n) is 9.06. The number of rotatable bonds is 4. The van der Waals surface area contributed by atoms with Crippen molar-refractivity contribution in [2.45, 2.75) is 25.6 Å². The third-order valence-corrected chi connectivity index (χ3v) is 5.16. The van der Waals surface area contributed by atoms with Gasteiger partial charge in [-0.05, 0) is 48.9 Å². The van der Waals surface area contributed by atoms with E-state index in [1.54, 1.807) is 31.2 Å². The second-order valence-corrected chi connectivity index (χ2v) is 7.12. The quantitative estimate of drug-likeness (QED) is 0.666. The summed E-state index contributed by atoms with van der Waals surface area (Å²) >= 11 is 5.92. The van der Waals surface area contributed by atoms with Crippen LogP contribution in [0.1, 0.15) is 24.2 Å². The van der Waals surface area contributed by atoms with Crippen LogP contribution in [0, 0.1) is 0 Å². The first kappa shape index (κ1) is 17.7. The van der Waals surface area contributed by atoms with E-state index in [4.69, 9.17) is 16.3 Å². The fourth-order valence-corrected chi connectivity index (χ4v) is 3.73. The van der Waals surface area contributed by atoms with Gasteiger partial charge in [0.15, 0.2) is 6.10 Å². The molecule has 2 unspecified atom stereocenters. The fraction of sp³-hybridized carbons (Fsp3) is 0.227. The summed E-state index contributed by atoms with van der Waals surface area (Å²) in [7, 11) is 0. The van der Waals surface area contributed by atoms with Gasteiger partial charge in [-0.1, -0.05) is 41.9 Å². The van der Waals surface area contributed by atoms with Gasteiger partial charge >= 0.3 is 0 Å². The molecule has 1 aliphatic rings. The molecule has 2 aromatic carbocycles. The molecule has 27 heavy (non-hydrogen) atoms. The van der Waals surface area contributed by atoms with Crippen LogP contribution in [0.3, 0.4) is 0 Å². The first-order valence-corrected chi connectivity index (χ1v) is 9.44. The number of ether oxygens (including phenoxy) is 1. The van der Waals surface area contributed by atoms with Gasteiger partial charge in [0, 0.05) is 30.0 Å². The molecule has 0 aliphatic carbocycles. The summed E-state index contributed by atoms with van der Waals surface area (Å²) in [6.07, 6.45) is 1.49. The van der Waals surface area contributed by atoms with Crippen LogP contribution in [-0.2, 0) is 11.3 Å². The van der Waals surface area contributed by atoms with Gasteiger partial charge in [-0.2, -0.15) is 0 Å². The molecule has 0 saturated heterocycles. The Labute approximate surface area is 163 Å². The maximum absolute atomic E-state index is 13.3. The number of fused-ring (bicyclic) bond motifs is 1. The van der Waals surface area contributed by atoms with Crippen LogP contribution in [0.25, 0.3) is 0 Å². The molecule has 2 heterocycles. The number of halogens is 1. The molecule has 4 rings (SSSR count). The molecule has 0 saturated carbocycles. The van der Waals surface area contributed by atoms with Gasteiger partial charge < -0.3 is 14.2 Å². The van der Waals surface area contributed by atoms with E-state index in [2.05, 4.69) is 29.0 Å². The van der Waals surface area contributed by atoms with E-state index in [-0.39, 0.29) is 11.9 Å². The van der Waals surface area contributed by atoms with E-state index in [9.17, 15) is 4.79 Å². The monoisotopic (exact) mass is 380 g/mol. The maximum Gasteiger partial charge on any atom is 0.264 e. The van der Waals surface area contributed by atoms with Gasteiger partial charge in [-0.3, -0.25) is 4.79 Å². The van der Waals surface area contributed by atoms with Gasteiger partial charge in [0.2, 0.25) is 0 Å². The number of amides is 1. The Kier molecular flexibility index (Phi) is 4.90. The molecule has 1 aliphatic heterocycles. The number of carbonyl (C=O) groups excluding carboxylic acids is 1. The van der Waals surface area contributed by atoms with Gasteiger partial charge in [0.1, 0.15) is 5.75 Å². The molecule has 0 bridgehead atoms. The molecule has 3 aromatic rings. The molecule has 0 radical (unpaired) electrons. The average Bonchev–Trinajstić information content (AvgIpc) is 3.18. The largest absolute Gasteiger partial charge is 0.481 e. The SMILES string of the molecule is CC(Oc1ccc(Cl)cc1)C(=O)N1CCn2cccc2C1c1ccccc1. The standard InChI is InChI=1S/C22H21ClN2O2/c1-16(27-19-11-9-18(23)10-12-19)22(26)25-15-14-24-13-5-8-20(24)21(25)17-6-3-2-4-7-17/h2-13,16,21H,14-15H2,1H3. The lowest BCUT2D eigenvalue weighted by atomic mass is 9.99. The smallest absolute Gasteiger partial charge is 0.264 e. The second kappa shape index (κ2) is 7.49. The summed E-state index contributed by atoms with van der Waals surface area (Å²) in [6, 6.07) is 21.2. The Morgan fingerprint density at radius 3 is 2.52 bits per heavy atom. The Morgan fingerprint density at radius 1 is 1.04 bits per heavy atom. The number of nitrogens with zero attached hydrogens (tertiary/aromatic N) is 2. The van der Waals surface area contributed by atoms with Gasteiger partial charge in [0.05, 0.1) is 6.04 Å². The van der Waals surface area contributed by atoms with Gasteiger partial charge in [-0.25, -0.2) is 0 Å². The second-order valence-electron chi connectivity index (χ2n) is 6.69. The predicted octanol–water partition coefficient (Wildman–Crippen LogP) is 4.54. The average molecular weight is 381 g/mol. The van der Waals surface area contributed by atoms with Crippen LogP contribution in [-0.4, -0.2) is 28.0 Å². The van der Waals surface area contributed by atoms with Crippen molar-refractivity contribution in [3.05, 3.63) is 89.2 Å². The number of benzene rings is 2. The highest BCUT2D eigenvalue weighted by molar-refractivity contribution is 6.30. The lowest BCUT2D eigenvalue weighted by Crippen LogP contribution is -2.47. The molecular formula is C22H21ClN2O2. The maximum atomic E-state index is 13.3. The highest BCUT2D eigenvalue weighted by atomic mass is 35.5. The topological polar surface area (TPSA) is 34.5 Å². The van der Waals surface area contributed by atoms with Crippen molar-refractivity contribution < 1.29 is 9.53 Å². The minimum absolute atomic E-state index is 0.0220. The van der Waals surface area contributed by atoms with Crippen molar-refractivity contribution in [2.75, 3.05) is 6.54 Å². The van der Waals surface area contributed by atoms with E-state index >= 15 is 0 Å². The Morgan fingerprint density at radius 2 is 1.78 bits per heavy atom. The van der Waals surface area contributed by atoms with Crippen molar-refractivity contribution in [3.8, 4) is 5.75 Å². The van der Waals surface area contributed by atoms with Crippen molar-refractivity contribution >= 4 is 17.5 Å². The summed E-state index contributed by atoms with van der Waals surface area (Å²) in [5, 5.41) is 0.641. The van der Waals surface area contributed by atoms with Crippen molar-refractivity contribution in [3.63, 3.8) is 0 Å². The van der Waals surface area contributed by atoms with Crippen LogP contribution in [0.2, 0.25) is 5.02 Å². The third kappa shape index (κ3) is 3.58. The Hall–Kier alpha value is -2.72. The number of carbonyl (C=O) groups is 1. The normalized spacial score (nSPS) is 17.3. The van der Waals surface area contributed by atoms with Crippen LogP contribution in [0.5, 0.6) is 5.75 Å². The lowest BCUT2D eigenvalue weighted by Gasteiger charge is -2.38. The van der Waals surface area contributed by atoms with Gasteiger partial charge in [-0.15, -0.1) is 0 Å². The molecular weight excluding hydrogens is 360 g/mol. The number of hydrogen-bond donors (Lipinski definition) is 0. The highest BCUT2D eigenvalue weighted by Gasteiger charge is 2.34. The van der Waals surface area contributed by atoms with E-state index in [1.807, 2.05) is 29.2 Å². The summed E-state index contributed by atoms with van der Waals surface area (Å²) in [5.74, 6) is 0.614. The van der Waals surface area contributed by atoms with E-state index in [0.717, 1.165) is 17.8 Å². The first-order chi connectivity index (χ1) is 13.1. The van der Waals surface area contributed by atoms with Crippen LogP contribution in [0.4, 0.5) is 0 Å². The summed E-state index contributed by atoms with van der Waals surface area (Å²) in [4.78, 5) is 15.2. The molecule has 1 amide bonds. The van der Waals surface area contributed by atoms with Crippen molar-refractivity contribution in [2.24, 2.45) is 0 Å². The molecule has 1 aromatic heterocycles. The highest BCUT2D eigenvalue weighted by Crippen LogP contribution is 2.33. The fourth-order valence-electron chi connectivity index (χ4n) is 3.61. The summed E-state index contributed by atoms with van der Waals surface area (Å²) in [6.45, 7) is 3.23. The minimum atomic E-state index is -0.584. The third-order valence-electron chi connectivity index (χ3n) is 4.91. The molecule has 2 atom stereocenters. The molecule has 0 N–H and O–H groups in total. The van der Waals surface area contributed by atoms with E-state index in [1.165, 1.54) is 0 Å². The predicted molar refractivity (Wildman–Crippen MR) is 106 cm³/mol. The molecule has 0 spiro atoms. The molecule has 138 valence electrons. The molecule has 4 nitrogen and oxygen atoms in total. The van der Waals surface area contributed by atoms with Crippen LogP contribution >= 0.6 is 11.6 Å². The van der Waals surface area contributed by atoms with E-state index < -0.39 is 6.10 Å². The Balaban J connectivity index is 1.60. The van der Waals surface area contributed by atoms with Gasteiger partial charge in [0.25, 0.3) is 5.91 Å². The summed E-state index contributed by atoms with van der Waals surface area (Å²) < 4.78 is 8.10. The van der Waals surface area contributed by atoms with Crippen LogP contribution in [0.15, 0.2) is 72.9 Å². The van der Waals surface area contributed by atoms with Crippen molar-refractivity contribution in [1.29, 1.82) is 0 Å². The zero-order valence-electron chi connectivity index (χ0n) is 15.1. The van der Waals surface area contributed by atoms with E-state index in [0.29, 0.717) is 17.3 Å². The zero-order chi connectivity index (χ0) is 18.8. The molecule has 0 fully saturated rings.